The van der Waals surface area contributed by atoms with Crippen molar-refractivity contribution in [1.29, 1.82) is 0 Å². The van der Waals surface area contributed by atoms with Crippen LogP contribution in [0.2, 0.25) is 0 Å². The summed E-state index contributed by atoms with van der Waals surface area (Å²) in [4.78, 5) is 37.7. The largest absolute Gasteiger partial charge is 0.352 e. The molecule has 0 saturated carbocycles. The van der Waals surface area contributed by atoms with Crippen LogP contribution in [0.3, 0.4) is 0 Å². The third-order valence-corrected chi connectivity index (χ3v) is 7.25. The van der Waals surface area contributed by atoms with E-state index in [1.54, 1.807) is 23.7 Å². The second kappa shape index (κ2) is 8.84. The van der Waals surface area contributed by atoms with Crippen molar-refractivity contribution in [2.24, 2.45) is 5.92 Å². The first-order valence-corrected chi connectivity index (χ1v) is 11.3. The molecule has 1 N–H and O–H groups in total. The van der Waals surface area contributed by atoms with Gasteiger partial charge in [-0.2, -0.15) is 0 Å². The summed E-state index contributed by atoms with van der Waals surface area (Å²) in [6.45, 7) is 3.56. The highest BCUT2D eigenvalue weighted by Gasteiger charge is 2.29. The van der Waals surface area contributed by atoms with E-state index in [1.807, 2.05) is 41.5 Å². The number of thiophene rings is 1. The molecule has 1 aliphatic rings. The minimum atomic E-state index is -0.0556. The van der Waals surface area contributed by atoms with Crippen LogP contribution in [0.25, 0.3) is 9.88 Å². The zero-order valence-electron chi connectivity index (χ0n) is 16.1. The molecule has 6 nitrogen and oxygen atoms in total. The average Bonchev–Trinajstić information content (AvgIpc) is 3.42. The number of aryl methyl sites for hydroxylation is 1. The van der Waals surface area contributed by atoms with Gasteiger partial charge in [-0.25, -0.2) is 4.98 Å². The maximum Gasteiger partial charge on any atom is 0.265 e. The van der Waals surface area contributed by atoms with Crippen molar-refractivity contribution in [3.8, 4) is 9.88 Å². The van der Waals surface area contributed by atoms with E-state index < -0.39 is 0 Å². The highest BCUT2D eigenvalue weighted by atomic mass is 32.1. The maximum atomic E-state index is 13.0. The lowest BCUT2D eigenvalue weighted by molar-refractivity contribution is -0.126. The summed E-state index contributed by atoms with van der Waals surface area (Å²) < 4.78 is 0. The molecule has 3 aromatic rings. The second-order valence-electron chi connectivity index (χ2n) is 7.06. The maximum absolute atomic E-state index is 13.0. The van der Waals surface area contributed by atoms with Gasteiger partial charge in [0.1, 0.15) is 9.88 Å². The molecule has 0 aliphatic carbocycles. The molecular weight excluding hydrogens is 404 g/mol. The predicted octanol–water partition coefficient (Wildman–Crippen LogP) is 3.74. The predicted molar refractivity (Wildman–Crippen MR) is 115 cm³/mol. The lowest BCUT2D eigenvalue weighted by atomic mass is 9.95. The molecule has 4 rings (SSSR count). The summed E-state index contributed by atoms with van der Waals surface area (Å²) in [6.07, 6.45) is 4.83. The quantitative estimate of drug-likeness (QED) is 0.674. The smallest absolute Gasteiger partial charge is 0.265 e. The van der Waals surface area contributed by atoms with Crippen LogP contribution in [0, 0.1) is 12.8 Å². The number of likely N-dealkylation sites (tertiary alicyclic amines) is 1. The van der Waals surface area contributed by atoms with E-state index in [4.69, 9.17) is 0 Å². The Hall–Kier alpha value is -2.58. The first-order chi connectivity index (χ1) is 14.1. The van der Waals surface area contributed by atoms with Crippen molar-refractivity contribution in [3.63, 3.8) is 0 Å². The molecule has 4 heterocycles. The van der Waals surface area contributed by atoms with E-state index in [0.717, 1.165) is 21.1 Å². The Morgan fingerprint density at radius 2 is 2.07 bits per heavy atom. The standard InChI is InChI=1S/C21H22N4O2S2/c1-14-18(29-20(24-14)17-5-3-11-28-17)21(27)25-9-6-16(7-10-25)19(26)23-13-15-4-2-8-22-12-15/h2-5,8,11-12,16H,6-7,9-10,13H2,1H3,(H,23,26). The third kappa shape index (κ3) is 4.54. The number of hydrogen-bond donors (Lipinski definition) is 1. The molecule has 0 unspecified atom stereocenters. The van der Waals surface area contributed by atoms with Crippen LogP contribution < -0.4 is 5.32 Å². The summed E-state index contributed by atoms with van der Waals surface area (Å²) in [5, 5.41) is 5.89. The molecule has 0 atom stereocenters. The Kier molecular flexibility index (Phi) is 6.01. The topological polar surface area (TPSA) is 75.2 Å². The number of thiazole rings is 1. The third-order valence-electron chi connectivity index (χ3n) is 5.07. The van der Waals surface area contributed by atoms with E-state index in [2.05, 4.69) is 15.3 Å². The summed E-state index contributed by atoms with van der Waals surface area (Å²) >= 11 is 3.08. The van der Waals surface area contributed by atoms with Gasteiger partial charge in [-0.15, -0.1) is 22.7 Å². The molecule has 1 saturated heterocycles. The van der Waals surface area contributed by atoms with Crippen molar-refractivity contribution < 1.29 is 9.59 Å². The Labute approximate surface area is 177 Å². The first-order valence-electron chi connectivity index (χ1n) is 9.59. The van der Waals surface area contributed by atoms with Crippen LogP contribution in [0.4, 0.5) is 0 Å². The van der Waals surface area contributed by atoms with Crippen molar-refractivity contribution in [3.05, 3.63) is 58.2 Å². The summed E-state index contributed by atoms with van der Waals surface area (Å²) in [6, 6.07) is 7.81. The number of amides is 2. The fourth-order valence-corrected chi connectivity index (χ4v) is 5.26. The van der Waals surface area contributed by atoms with Crippen molar-refractivity contribution in [2.75, 3.05) is 13.1 Å². The normalized spacial score (nSPS) is 14.7. The van der Waals surface area contributed by atoms with Gasteiger partial charge in [0.15, 0.2) is 0 Å². The van der Waals surface area contributed by atoms with Crippen LogP contribution in [0.1, 0.15) is 33.8 Å². The monoisotopic (exact) mass is 426 g/mol. The van der Waals surface area contributed by atoms with E-state index >= 15 is 0 Å². The van der Waals surface area contributed by atoms with Gasteiger partial charge in [-0.1, -0.05) is 12.1 Å². The number of carbonyl (C=O) groups is 2. The van der Waals surface area contributed by atoms with E-state index in [-0.39, 0.29) is 17.7 Å². The molecule has 29 heavy (non-hydrogen) atoms. The van der Waals surface area contributed by atoms with Gasteiger partial charge in [0, 0.05) is 37.9 Å². The van der Waals surface area contributed by atoms with E-state index in [9.17, 15) is 9.59 Å². The molecule has 0 aromatic carbocycles. The Balaban J connectivity index is 1.32. The van der Waals surface area contributed by atoms with Crippen LogP contribution in [-0.2, 0) is 11.3 Å². The van der Waals surface area contributed by atoms with Gasteiger partial charge < -0.3 is 10.2 Å². The number of rotatable bonds is 5. The molecule has 1 fully saturated rings. The first kappa shape index (κ1) is 19.7. The number of carbonyl (C=O) groups excluding carboxylic acids is 2. The second-order valence-corrected chi connectivity index (χ2v) is 9.00. The molecular formula is C21H22N4O2S2. The van der Waals surface area contributed by atoms with Crippen molar-refractivity contribution >= 4 is 34.5 Å². The number of hydrogen-bond acceptors (Lipinski definition) is 6. The van der Waals surface area contributed by atoms with Gasteiger partial charge in [0.25, 0.3) is 5.91 Å². The molecule has 2 amide bonds. The lowest BCUT2D eigenvalue weighted by Crippen LogP contribution is -2.42. The highest BCUT2D eigenvalue weighted by molar-refractivity contribution is 7.22. The van der Waals surface area contributed by atoms with Gasteiger partial charge in [-0.05, 0) is 42.8 Å². The van der Waals surface area contributed by atoms with Gasteiger partial charge in [-0.3, -0.25) is 14.6 Å². The van der Waals surface area contributed by atoms with E-state index in [0.29, 0.717) is 37.4 Å². The highest BCUT2D eigenvalue weighted by Crippen LogP contribution is 2.32. The van der Waals surface area contributed by atoms with Gasteiger partial charge >= 0.3 is 0 Å². The van der Waals surface area contributed by atoms with Crippen molar-refractivity contribution in [1.82, 2.24) is 20.2 Å². The number of aromatic nitrogens is 2. The SMILES string of the molecule is Cc1nc(-c2cccs2)sc1C(=O)N1CCC(C(=O)NCc2cccnc2)CC1. The Morgan fingerprint density at radius 1 is 1.24 bits per heavy atom. The number of piperidine rings is 1. The summed E-state index contributed by atoms with van der Waals surface area (Å²) in [5.74, 6) is 0.0203. The van der Waals surface area contributed by atoms with E-state index in [1.165, 1.54) is 11.3 Å². The molecule has 150 valence electrons. The van der Waals surface area contributed by atoms with Crippen molar-refractivity contribution in [2.45, 2.75) is 26.3 Å². The Bertz CT molecular complexity index is 978. The van der Waals surface area contributed by atoms with Crippen LogP contribution >= 0.6 is 22.7 Å². The number of nitrogens with zero attached hydrogens (tertiary/aromatic N) is 3. The summed E-state index contributed by atoms with van der Waals surface area (Å²) in [5.41, 5.74) is 1.76. The fraction of sp³-hybridized carbons (Fsp3) is 0.333. The molecule has 1 aliphatic heterocycles. The molecule has 0 spiro atoms. The van der Waals surface area contributed by atoms with Gasteiger partial charge in [0.2, 0.25) is 5.91 Å². The Morgan fingerprint density at radius 3 is 2.76 bits per heavy atom. The zero-order valence-corrected chi connectivity index (χ0v) is 17.8. The summed E-state index contributed by atoms with van der Waals surface area (Å²) in [7, 11) is 0. The fourth-order valence-electron chi connectivity index (χ4n) is 3.43. The van der Waals surface area contributed by atoms with Gasteiger partial charge in [0.05, 0.1) is 10.6 Å². The number of nitrogens with one attached hydrogen (secondary N) is 1. The zero-order chi connectivity index (χ0) is 20.2. The number of pyridine rings is 1. The van der Waals surface area contributed by atoms with Crippen LogP contribution in [-0.4, -0.2) is 39.8 Å². The minimum absolute atomic E-state index is 0.0250. The minimum Gasteiger partial charge on any atom is -0.352 e. The van der Waals surface area contributed by atoms with Crippen LogP contribution in [0.5, 0.6) is 0 Å². The lowest BCUT2D eigenvalue weighted by Gasteiger charge is -2.31. The molecule has 8 heteroatoms. The average molecular weight is 427 g/mol. The molecule has 0 radical (unpaired) electrons. The molecule has 0 bridgehead atoms. The van der Waals surface area contributed by atoms with Crippen LogP contribution in [0.15, 0.2) is 42.0 Å². The molecule has 3 aromatic heterocycles.